The van der Waals surface area contributed by atoms with E-state index >= 15 is 0 Å². The number of hydrogen-bond acceptors (Lipinski definition) is 8. The van der Waals surface area contributed by atoms with Crippen LogP contribution in [0.5, 0.6) is 5.75 Å². The number of nitrogens with one attached hydrogen (secondary N) is 1. The Labute approximate surface area is 227 Å². The second-order valence-electron chi connectivity index (χ2n) is 8.17. The van der Waals surface area contributed by atoms with Gasteiger partial charge < -0.3 is 19.4 Å². The Hall–Kier alpha value is -2.89. The van der Waals surface area contributed by atoms with Gasteiger partial charge in [-0.1, -0.05) is 17.4 Å². The number of esters is 1. The second kappa shape index (κ2) is 12.6. The highest BCUT2D eigenvalue weighted by molar-refractivity contribution is 8.00. The van der Waals surface area contributed by atoms with Gasteiger partial charge in [-0.05, 0) is 56.9 Å². The van der Waals surface area contributed by atoms with Crippen LogP contribution in [-0.4, -0.2) is 47.1 Å². The topological polar surface area (TPSA) is 99.0 Å². The molecule has 0 spiro atoms. The Kier molecular flexibility index (Phi) is 9.23. The number of thiazole rings is 1. The van der Waals surface area contributed by atoms with Crippen LogP contribution in [0.1, 0.15) is 41.1 Å². The van der Waals surface area contributed by atoms with E-state index in [1.165, 1.54) is 34.4 Å². The molecule has 0 unspecified atom stereocenters. The van der Waals surface area contributed by atoms with E-state index in [0.29, 0.717) is 28.5 Å². The fraction of sp³-hybridized carbons (Fsp3) is 0.385. The van der Waals surface area contributed by atoms with Crippen molar-refractivity contribution in [2.45, 2.75) is 39.7 Å². The molecule has 1 N–H and O–H groups in total. The number of nitrogens with zero attached hydrogens (tertiary/aromatic N) is 2. The Bertz CT molecular complexity index is 1400. The maximum atomic E-state index is 12.6. The van der Waals surface area contributed by atoms with Crippen LogP contribution in [0.4, 0.5) is 5.00 Å². The lowest BCUT2D eigenvalue weighted by Crippen LogP contribution is -2.19. The lowest BCUT2D eigenvalue weighted by molar-refractivity contribution is -0.115. The molecule has 2 aromatic heterocycles. The fourth-order valence-electron chi connectivity index (χ4n) is 4.15. The number of benzene rings is 1. The highest BCUT2D eigenvalue weighted by Crippen LogP contribution is 2.39. The number of rotatable bonds is 11. The number of amides is 2. The molecule has 3 aromatic rings. The molecule has 4 rings (SSSR count). The van der Waals surface area contributed by atoms with E-state index in [9.17, 15) is 14.4 Å². The Morgan fingerprint density at radius 3 is 2.78 bits per heavy atom. The van der Waals surface area contributed by atoms with Gasteiger partial charge in [0.25, 0.3) is 5.91 Å². The second-order valence-corrected chi connectivity index (χ2v) is 11.3. The van der Waals surface area contributed by atoms with Gasteiger partial charge >= 0.3 is 5.97 Å². The van der Waals surface area contributed by atoms with Gasteiger partial charge in [0.05, 0.1) is 40.5 Å². The molecule has 11 heteroatoms. The summed E-state index contributed by atoms with van der Waals surface area (Å²) in [5.41, 5.74) is 2.42. The van der Waals surface area contributed by atoms with Crippen LogP contribution in [-0.2, 0) is 33.7 Å². The largest absolute Gasteiger partial charge is 0.494 e. The van der Waals surface area contributed by atoms with Crippen LogP contribution < -0.4 is 14.9 Å². The molecule has 1 aliphatic rings. The van der Waals surface area contributed by atoms with Gasteiger partial charge in [-0.2, -0.15) is 4.99 Å². The van der Waals surface area contributed by atoms with Gasteiger partial charge in [0.1, 0.15) is 10.8 Å². The average molecular weight is 560 g/mol. The molecule has 0 saturated carbocycles. The van der Waals surface area contributed by atoms with Gasteiger partial charge in [0.15, 0.2) is 4.80 Å². The SMILES string of the molecule is C=CCn1c(=NC(=O)CSCC(=O)Nc2sc3c(c2C(=O)OCC)CCC3)sc2cc(OCC)ccc21. The summed E-state index contributed by atoms with van der Waals surface area (Å²) in [4.78, 5) is 43.7. The van der Waals surface area contributed by atoms with Crippen LogP contribution in [0.3, 0.4) is 0 Å². The van der Waals surface area contributed by atoms with E-state index in [2.05, 4.69) is 16.9 Å². The molecule has 0 fully saturated rings. The Balaban J connectivity index is 1.40. The summed E-state index contributed by atoms with van der Waals surface area (Å²) < 4.78 is 13.7. The van der Waals surface area contributed by atoms with Crippen molar-refractivity contribution in [3.05, 3.63) is 51.7 Å². The lowest BCUT2D eigenvalue weighted by atomic mass is 10.1. The van der Waals surface area contributed by atoms with Gasteiger partial charge in [0, 0.05) is 11.4 Å². The van der Waals surface area contributed by atoms with E-state index in [-0.39, 0.29) is 29.9 Å². The van der Waals surface area contributed by atoms with E-state index in [1.54, 1.807) is 13.0 Å². The number of aromatic nitrogens is 1. The van der Waals surface area contributed by atoms with Crippen molar-refractivity contribution in [3.8, 4) is 5.75 Å². The number of anilines is 1. The van der Waals surface area contributed by atoms with Crippen molar-refractivity contribution in [1.29, 1.82) is 0 Å². The first-order chi connectivity index (χ1) is 17.9. The molecule has 0 saturated heterocycles. The molecule has 196 valence electrons. The first-order valence-corrected chi connectivity index (χ1v) is 14.9. The third-order valence-electron chi connectivity index (χ3n) is 5.61. The molecule has 1 aliphatic carbocycles. The number of thioether (sulfide) groups is 1. The monoisotopic (exact) mass is 559 g/mol. The molecule has 8 nitrogen and oxygen atoms in total. The number of fused-ring (bicyclic) bond motifs is 2. The summed E-state index contributed by atoms with van der Waals surface area (Å²) in [6.45, 7) is 8.87. The summed E-state index contributed by atoms with van der Waals surface area (Å²) in [6, 6.07) is 5.79. The highest BCUT2D eigenvalue weighted by atomic mass is 32.2. The predicted molar refractivity (Wildman–Crippen MR) is 150 cm³/mol. The smallest absolute Gasteiger partial charge is 0.341 e. The number of carbonyl (C=O) groups excluding carboxylic acids is 3. The zero-order chi connectivity index (χ0) is 26.4. The molecule has 37 heavy (non-hydrogen) atoms. The number of thiophene rings is 1. The van der Waals surface area contributed by atoms with Crippen LogP contribution in [0.25, 0.3) is 10.2 Å². The molecule has 1 aromatic carbocycles. The number of hydrogen-bond donors (Lipinski definition) is 1. The summed E-state index contributed by atoms with van der Waals surface area (Å²) in [5.74, 6) is -0.0918. The fourth-order valence-corrected chi connectivity index (χ4v) is 7.12. The van der Waals surface area contributed by atoms with Gasteiger partial charge in [-0.25, -0.2) is 4.79 Å². The van der Waals surface area contributed by atoms with Crippen LogP contribution >= 0.6 is 34.4 Å². The third-order valence-corrected chi connectivity index (χ3v) is 8.78. The van der Waals surface area contributed by atoms with Crippen molar-refractivity contribution in [3.63, 3.8) is 0 Å². The molecule has 2 heterocycles. The first-order valence-electron chi connectivity index (χ1n) is 12.1. The molecule has 0 radical (unpaired) electrons. The third kappa shape index (κ3) is 6.34. The minimum Gasteiger partial charge on any atom is -0.494 e. The molecular formula is C26H29N3O5S3. The summed E-state index contributed by atoms with van der Waals surface area (Å²) >= 11 is 4.04. The average Bonchev–Trinajstić information content (AvgIpc) is 3.53. The maximum absolute atomic E-state index is 12.6. The normalized spacial score (nSPS) is 13.0. The zero-order valence-electron chi connectivity index (χ0n) is 20.8. The molecule has 0 atom stereocenters. The van der Waals surface area contributed by atoms with Crippen LogP contribution in [0.2, 0.25) is 0 Å². The minimum atomic E-state index is -0.400. The van der Waals surface area contributed by atoms with Crippen molar-refractivity contribution in [2.24, 2.45) is 4.99 Å². The van der Waals surface area contributed by atoms with Crippen molar-refractivity contribution >= 4 is 67.4 Å². The zero-order valence-corrected chi connectivity index (χ0v) is 23.3. The molecular weight excluding hydrogens is 531 g/mol. The predicted octanol–water partition coefficient (Wildman–Crippen LogP) is 4.81. The van der Waals surface area contributed by atoms with Crippen molar-refractivity contribution in [2.75, 3.05) is 30.0 Å². The molecule has 0 aliphatic heterocycles. The number of aryl methyl sites for hydroxylation is 1. The van der Waals surface area contributed by atoms with Crippen molar-refractivity contribution in [1.82, 2.24) is 4.57 Å². The lowest BCUT2D eigenvalue weighted by Gasteiger charge is -2.07. The standard InChI is InChI=1S/C26H29N3O5S3/c1-4-12-29-18-11-10-16(33-5-2)13-20(18)37-26(29)28-22(31)15-35-14-21(30)27-24-23(25(32)34-6-3)17-8-7-9-19(17)36-24/h4,10-11,13H,1,5-9,12,14-15H2,2-3H3,(H,27,30). The molecule has 2 amide bonds. The summed E-state index contributed by atoms with van der Waals surface area (Å²) in [7, 11) is 0. The van der Waals surface area contributed by atoms with Gasteiger partial charge in [-0.3, -0.25) is 9.59 Å². The maximum Gasteiger partial charge on any atom is 0.341 e. The molecule has 0 bridgehead atoms. The number of ether oxygens (including phenoxy) is 2. The van der Waals surface area contributed by atoms with Gasteiger partial charge in [0.2, 0.25) is 5.91 Å². The van der Waals surface area contributed by atoms with E-state index < -0.39 is 5.97 Å². The highest BCUT2D eigenvalue weighted by Gasteiger charge is 2.28. The number of allylic oxidation sites excluding steroid dienone is 1. The van der Waals surface area contributed by atoms with Gasteiger partial charge in [-0.15, -0.1) is 29.7 Å². The minimum absolute atomic E-state index is 0.0611. The number of carbonyl (C=O) groups is 3. The van der Waals surface area contributed by atoms with Crippen LogP contribution in [0, 0.1) is 0 Å². The van der Waals surface area contributed by atoms with Crippen molar-refractivity contribution < 1.29 is 23.9 Å². The van der Waals surface area contributed by atoms with E-state index in [4.69, 9.17) is 9.47 Å². The quantitative estimate of drug-likeness (QED) is 0.267. The van der Waals surface area contributed by atoms with E-state index in [0.717, 1.165) is 45.7 Å². The Morgan fingerprint density at radius 2 is 2.03 bits per heavy atom. The van der Waals surface area contributed by atoms with E-state index in [1.807, 2.05) is 29.7 Å². The summed E-state index contributed by atoms with van der Waals surface area (Å²) in [5, 5.41) is 3.39. The van der Waals surface area contributed by atoms with Crippen LogP contribution in [0.15, 0.2) is 35.8 Å². The first kappa shape index (κ1) is 27.2. The summed E-state index contributed by atoms with van der Waals surface area (Å²) in [6.07, 6.45) is 4.49. The Morgan fingerprint density at radius 1 is 1.19 bits per heavy atom.